The van der Waals surface area contributed by atoms with Gasteiger partial charge in [-0.05, 0) is 25.0 Å². The third-order valence-electron chi connectivity index (χ3n) is 3.90. The number of halogens is 2. The molecule has 1 heterocycles. The number of anilines is 1. The molecule has 0 saturated heterocycles. The Hall–Kier alpha value is -2.91. The smallest absolute Gasteiger partial charge is 0.407 e. The molecule has 1 aromatic rings. The number of nitro benzene ring substituents is 1. The largest absolute Gasteiger partial charge is 0.485 e. The van der Waals surface area contributed by atoms with Crippen molar-refractivity contribution in [2.75, 3.05) is 18.9 Å². The van der Waals surface area contributed by atoms with Crippen molar-refractivity contribution in [3.05, 3.63) is 33.9 Å². The van der Waals surface area contributed by atoms with Crippen molar-refractivity contribution >= 4 is 23.0 Å². The van der Waals surface area contributed by atoms with E-state index in [0.29, 0.717) is 17.6 Å². The van der Waals surface area contributed by atoms with Gasteiger partial charge < -0.3 is 20.5 Å². The van der Waals surface area contributed by atoms with Crippen LogP contribution in [0.25, 0.3) is 5.57 Å². The molecule has 0 aromatic heterocycles. The van der Waals surface area contributed by atoms with E-state index in [1.54, 1.807) is 13.0 Å². The zero-order valence-electron chi connectivity index (χ0n) is 13.3. The van der Waals surface area contributed by atoms with Gasteiger partial charge in [0.25, 0.3) is 12.1 Å². The summed E-state index contributed by atoms with van der Waals surface area (Å²) < 4.78 is 30.0. The van der Waals surface area contributed by atoms with Gasteiger partial charge in [0, 0.05) is 24.2 Å². The SMILES string of the molecule is CC1CC(c2ccc([N+](=O)[O-])c(N)c2OCC(F)F)=CCN1C(=O)O. The minimum absolute atomic E-state index is 0.108. The second kappa shape index (κ2) is 7.32. The van der Waals surface area contributed by atoms with Gasteiger partial charge in [-0.2, -0.15) is 0 Å². The number of hydrogen-bond donors (Lipinski definition) is 2. The first kappa shape index (κ1) is 18.4. The highest BCUT2D eigenvalue weighted by atomic mass is 19.3. The number of rotatable bonds is 5. The first-order chi connectivity index (χ1) is 11.7. The predicted molar refractivity (Wildman–Crippen MR) is 85.8 cm³/mol. The fraction of sp³-hybridized carbons (Fsp3) is 0.400. The van der Waals surface area contributed by atoms with E-state index < -0.39 is 29.7 Å². The van der Waals surface area contributed by atoms with Crippen molar-refractivity contribution in [3.63, 3.8) is 0 Å². The zero-order chi connectivity index (χ0) is 18.7. The number of nitrogen functional groups attached to an aromatic ring is 1. The summed E-state index contributed by atoms with van der Waals surface area (Å²) in [6.45, 7) is 0.856. The van der Waals surface area contributed by atoms with Crippen molar-refractivity contribution in [2.45, 2.75) is 25.8 Å². The van der Waals surface area contributed by atoms with Gasteiger partial charge in [0.1, 0.15) is 6.61 Å². The van der Waals surface area contributed by atoms with Gasteiger partial charge in [-0.15, -0.1) is 0 Å². The maximum atomic E-state index is 12.5. The molecule has 1 amide bonds. The van der Waals surface area contributed by atoms with Gasteiger partial charge in [0.05, 0.1) is 4.92 Å². The lowest BCUT2D eigenvalue weighted by Gasteiger charge is -2.31. The van der Waals surface area contributed by atoms with Crippen molar-refractivity contribution in [3.8, 4) is 5.75 Å². The van der Waals surface area contributed by atoms with E-state index in [-0.39, 0.29) is 24.0 Å². The summed E-state index contributed by atoms with van der Waals surface area (Å²) in [7, 11) is 0. The van der Waals surface area contributed by atoms with Crippen LogP contribution in [-0.4, -0.2) is 46.6 Å². The second-order valence-corrected chi connectivity index (χ2v) is 5.55. The van der Waals surface area contributed by atoms with Crippen molar-refractivity contribution in [2.24, 2.45) is 0 Å². The van der Waals surface area contributed by atoms with Crippen LogP contribution in [0.15, 0.2) is 18.2 Å². The first-order valence-corrected chi connectivity index (χ1v) is 7.39. The molecule has 0 fully saturated rings. The number of carbonyl (C=O) groups is 1. The van der Waals surface area contributed by atoms with Crippen molar-refractivity contribution < 1.29 is 28.3 Å². The number of alkyl halides is 2. The lowest BCUT2D eigenvalue weighted by atomic mass is 9.93. The standard InChI is InChI=1S/C15H17F2N3O5/c1-8-6-9(4-5-19(8)15(21)22)10-2-3-11(20(23)24)13(18)14(10)25-7-12(16)17/h2-4,8,12H,5-7,18H2,1H3,(H,21,22). The van der Waals surface area contributed by atoms with Gasteiger partial charge in [-0.3, -0.25) is 10.1 Å². The maximum absolute atomic E-state index is 12.5. The fourth-order valence-electron chi connectivity index (χ4n) is 2.69. The third-order valence-corrected chi connectivity index (χ3v) is 3.90. The molecule has 1 unspecified atom stereocenters. The van der Waals surface area contributed by atoms with Crippen LogP contribution in [0.3, 0.4) is 0 Å². The van der Waals surface area contributed by atoms with E-state index in [0.717, 1.165) is 0 Å². The van der Waals surface area contributed by atoms with E-state index in [9.17, 15) is 23.7 Å². The minimum atomic E-state index is -2.77. The van der Waals surface area contributed by atoms with Crippen LogP contribution in [0.1, 0.15) is 18.9 Å². The average molecular weight is 357 g/mol. The molecule has 25 heavy (non-hydrogen) atoms. The molecule has 1 aromatic carbocycles. The number of amides is 1. The Morgan fingerprint density at radius 1 is 1.56 bits per heavy atom. The summed E-state index contributed by atoms with van der Waals surface area (Å²) in [4.78, 5) is 22.6. The highest BCUT2D eigenvalue weighted by Gasteiger charge is 2.28. The molecule has 1 atom stereocenters. The summed E-state index contributed by atoms with van der Waals surface area (Å²) in [5.74, 6) is -0.184. The summed E-state index contributed by atoms with van der Waals surface area (Å²) in [6, 6.07) is 2.20. The van der Waals surface area contributed by atoms with Gasteiger partial charge >= 0.3 is 6.09 Å². The topological polar surface area (TPSA) is 119 Å². The Morgan fingerprint density at radius 3 is 2.76 bits per heavy atom. The van der Waals surface area contributed by atoms with E-state index >= 15 is 0 Å². The molecule has 8 nitrogen and oxygen atoms in total. The van der Waals surface area contributed by atoms with Crippen LogP contribution in [-0.2, 0) is 0 Å². The van der Waals surface area contributed by atoms with Gasteiger partial charge in [0.2, 0.25) is 0 Å². The molecule has 3 N–H and O–H groups in total. The normalized spacial score (nSPS) is 17.4. The second-order valence-electron chi connectivity index (χ2n) is 5.55. The summed E-state index contributed by atoms with van der Waals surface area (Å²) in [6.07, 6.45) is -1.92. The maximum Gasteiger partial charge on any atom is 0.407 e. The Kier molecular flexibility index (Phi) is 5.40. The molecule has 10 heteroatoms. The highest BCUT2D eigenvalue weighted by molar-refractivity contribution is 5.82. The molecule has 0 spiro atoms. The number of nitrogens with two attached hydrogens (primary N) is 1. The van der Waals surface area contributed by atoms with Crippen LogP contribution in [0.4, 0.5) is 25.0 Å². The number of nitro groups is 1. The molecule has 1 aliphatic heterocycles. The molecular formula is C15H17F2N3O5. The van der Waals surface area contributed by atoms with Crippen LogP contribution in [0, 0.1) is 10.1 Å². The molecular weight excluding hydrogens is 340 g/mol. The van der Waals surface area contributed by atoms with Gasteiger partial charge in [0.15, 0.2) is 11.4 Å². The van der Waals surface area contributed by atoms with Crippen LogP contribution >= 0.6 is 0 Å². The molecule has 0 radical (unpaired) electrons. The summed E-state index contributed by atoms with van der Waals surface area (Å²) in [5.41, 5.74) is 5.95. The molecule has 0 saturated carbocycles. The third kappa shape index (κ3) is 3.95. The van der Waals surface area contributed by atoms with Crippen LogP contribution < -0.4 is 10.5 Å². The molecule has 136 valence electrons. The fourth-order valence-corrected chi connectivity index (χ4v) is 2.69. The minimum Gasteiger partial charge on any atom is -0.485 e. The Labute approximate surface area is 141 Å². The Bertz CT molecular complexity index is 723. The summed E-state index contributed by atoms with van der Waals surface area (Å²) >= 11 is 0. The number of ether oxygens (including phenoxy) is 1. The number of nitrogens with zero attached hydrogens (tertiary/aromatic N) is 2. The Balaban J connectivity index is 2.44. The van der Waals surface area contributed by atoms with E-state index in [1.807, 2.05) is 0 Å². The quantitative estimate of drug-likeness (QED) is 0.475. The summed E-state index contributed by atoms with van der Waals surface area (Å²) in [5, 5.41) is 20.1. The predicted octanol–water partition coefficient (Wildman–Crippen LogP) is 2.98. The Morgan fingerprint density at radius 2 is 2.24 bits per heavy atom. The number of carboxylic acid groups (broad SMARTS) is 1. The lowest BCUT2D eigenvalue weighted by Crippen LogP contribution is -2.40. The van der Waals surface area contributed by atoms with Crippen LogP contribution in [0.5, 0.6) is 5.75 Å². The first-order valence-electron chi connectivity index (χ1n) is 7.39. The molecule has 1 aliphatic rings. The monoisotopic (exact) mass is 357 g/mol. The lowest BCUT2D eigenvalue weighted by molar-refractivity contribution is -0.384. The van der Waals surface area contributed by atoms with Gasteiger partial charge in [-0.25, -0.2) is 13.6 Å². The number of benzene rings is 1. The van der Waals surface area contributed by atoms with Crippen molar-refractivity contribution in [1.82, 2.24) is 4.90 Å². The van der Waals surface area contributed by atoms with Crippen LogP contribution in [0.2, 0.25) is 0 Å². The van der Waals surface area contributed by atoms with E-state index in [4.69, 9.17) is 15.6 Å². The number of hydrogen-bond acceptors (Lipinski definition) is 5. The average Bonchev–Trinajstić information content (AvgIpc) is 2.52. The molecule has 0 bridgehead atoms. The zero-order valence-corrected chi connectivity index (χ0v) is 13.3. The highest BCUT2D eigenvalue weighted by Crippen LogP contribution is 2.40. The van der Waals surface area contributed by atoms with E-state index in [1.165, 1.54) is 17.0 Å². The van der Waals surface area contributed by atoms with Gasteiger partial charge in [-0.1, -0.05) is 6.08 Å². The molecule has 0 aliphatic carbocycles. The van der Waals surface area contributed by atoms with E-state index in [2.05, 4.69) is 0 Å². The molecule has 2 rings (SSSR count). The van der Waals surface area contributed by atoms with Crippen molar-refractivity contribution in [1.29, 1.82) is 0 Å².